The van der Waals surface area contributed by atoms with E-state index in [9.17, 15) is 13.2 Å². The lowest BCUT2D eigenvalue weighted by atomic mass is 10.1. The van der Waals surface area contributed by atoms with Crippen molar-refractivity contribution in [1.29, 1.82) is 0 Å². The van der Waals surface area contributed by atoms with Gasteiger partial charge in [-0.2, -0.15) is 13.2 Å². The summed E-state index contributed by atoms with van der Waals surface area (Å²) in [5, 5.41) is 0. The Kier molecular flexibility index (Phi) is 5.37. The molecule has 4 rings (SSSR count). The summed E-state index contributed by atoms with van der Waals surface area (Å²) < 4.78 is 51.6. The second-order valence-electron chi connectivity index (χ2n) is 6.67. The summed E-state index contributed by atoms with van der Waals surface area (Å²) in [4.78, 5) is 19.6. The summed E-state index contributed by atoms with van der Waals surface area (Å²) in [6, 6.07) is 0.804. The van der Waals surface area contributed by atoms with Crippen LogP contribution in [0.3, 0.4) is 0 Å². The zero-order chi connectivity index (χ0) is 20.4. The Hall–Kier alpha value is -2.73. The molecule has 0 radical (unpaired) electrons. The second-order valence-corrected chi connectivity index (χ2v) is 6.67. The van der Waals surface area contributed by atoms with Gasteiger partial charge in [0, 0.05) is 6.20 Å². The van der Waals surface area contributed by atoms with Gasteiger partial charge in [0.05, 0.1) is 63.7 Å². The van der Waals surface area contributed by atoms with Crippen molar-refractivity contribution in [2.75, 3.05) is 68.1 Å². The van der Waals surface area contributed by atoms with E-state index in [1.165, 1.54) is 0 Å². The minimum Gasteiger partial charge on any atom is -0.384 e. The van der Waals surface area contributed by atoms with Crippen LogP contribution in [0.15, 0.2) is 12.3 Å². The number of morpholine rings is 2. The summed E-state index contributed by atoms with van der Waals surface area (Å²) in [6.45, 7) is 4.33. The molecule has 29 heavy (non-hydrogen) atoms. The maximum absolute atomic E-state index is 13.6. The van der Waals surface area contributed by atoms with E-state index in [4.69, 9.17) is 15.2 Å². The van der Waals surface area contributed by atoms with Crippen molar-refractivity contribution in [3.05, 3.63) is 17.8 Å². The molecule has 2 fully saturated rings. The lowest BCUT2D eigenvalue weighted by Gasteiger charge is -2.26. The van der Waals surface area contributed by atoms with E-state index in [1.54, 1.807) is 0 Å². The van der Waals surface area contributed by atoms with E-state index in [1.807, 2.05) is 9.80 Å². The first-order chi connectivity index (χ1) is 13.9. The van der Waals surface area contributed by atoms with E-state index < -0.39 is 11.7 Å². The van der Waals surface area contributed by atoms with Gasteiger partial charge in [0.2, 0.25) is 0 Å². The molecule has 0 bridgehead atoms. The van der Waals surface area contributed by atoms with Crippen LogP contribution >= 0.6 is 0 Å². The molecule has 0 aliphatic carbocycles. The highest BCUT2D eigenvalue weighted by Crippen LogP contribution is 2.36. The first kappa shape index (κ1) is 19.6. The van der Waals surface area contributed by atoms with Crippen LogP contribution < -0.4 is 20.5 Å². The van der Waals surface area contributed by atoms with Crippen molar-refractivity contribution in [3.63, 3.8) is 0 Å². The minimum absolute atomic E-state index is 0.0634. The monoisotopic (exact) mass is 412 g/mol. The Balaban J connectivity index is 1.82. The van der Waals surface area contributed by atoms with Crippen molar-refractivity contribution >= 4 is 17.7 Å². The highest BCUT2D eigenvalue weighted by Gasteiger charge is 2.37. The lowest BCUT2D eigenvalue weighted by molar-refractivity contribution is -0.359. The third-order valence-electron chi connectivity index (χ3n) is 4.74. The van der Waals surface area contributed by atoms with Crippen LogP contribution in [0.1, 0.15) is 5.56 Å². The summed E-state index contributed by atoms with van der Waals surface area (Å²) in [5.41, 5.74) is 4.36. The number of H-pyrrole nitrogens is 1. The summed E-state index contributed by atoms with van der Waals surface area (Å²) in [7, 11) is 0. The summed E-state index contributed by atoms with van der Waals surface area (Å²) in [5.74, 6) is 0.589. The highest BCUT2D eigenvalue weighted by molar-refractivity contribution is 5.63. The molecule has 4 heterocycles. The van der Waals surface area contributed by atoms with Crippen LogP contribution in [0.5, 0.6) is 0 Å². The largest absolute Gasteiger partial charge is 0.417 e. The average molecular weight is 412 g/mol. The number of alkyl halides is 3. The molecule has 9 nitrogen and oxygen atoms in total. The first-order valence-electron chi connectivity index (χ1n) is 9.21. The predicted octanol–water partition coefficient (Wildman–Crippen LogP) is 0.627. The number of nitrogens with one attached hydrogen (secondary N) is 1. The SMILES string of the molecule is Nc1cc(C(F)(F)F)c(-c2nc(N3CCOCC3)[nH+]c(N3CCOCC3)n2)cn1. The molecule has 0 unspecified atom stereocenters. The van der Waals surface area contributed by atoms with Crippen molar-refractivity contribution in [2.45, 2.75) is 6.18 Å². The van der Waals surface area contributed by atoms with Gasteiger partial charge < -0.3 is 15.2 Å². The van der Waals surface area contributed by atoms with Crippen molar-refractivity contribution in [2.24, 2.45) is 0 Å². The molecule has 0 atom stereocenters. The predicted molar refractivity (Wildman–Crippen MR) is 97.3 cm³/mol. The van der Waals surface area contributed by atoms with Crippen molar-refractivity contribution < 1.29 is 27.6 Å². The van der Waals surface area contributed by atoms with Crippen LogP contribution in [-0.2, 0) is 15.7 Å². The third kappa shape index (κ3) is 4.32. The van der Waals surface area contributed by atoms with E-state index in [-0.39, 0.29) is 17.2 Å². The van der Waals surface area contributed by atoms with Crippen LogP contribution in [0.25, 0.3) is 11.4 Å². The molecule has 0 spiro atoms. The van der Waals surface area contributed by atoms with E-state index >= 15 is 0 Å². The van der Waals surface area contributed by atoms with Gasteiger partial charge >= 0.3 is 18.1 Å². The van der Waals surface area contributed by atoms with Gasteiger partial charge in [-0.1, -0.05) is 9.97 Å². The van der Waals surface area contributed by atoms with Crippen LogP contribution in [-0.4, -0.2) is 67.6 Å². The molecule has 2 aromatic heterocycles. The first-order valence-corrected chi connectivity index (χ1v) is 9.21. The molecular formula is C17H21F3N7O2+. The van der Waals surface area contributed by atoms with E-state index in [2.05, 4.69) is 19.9 Å². The Morgan fingerprint density at radius 1 is 0.931 bits per heavy atom. The normalized spacial score (nSPS) is 18.2. The van der Waals surface area contributed by atoms with Gasteiger partial charge in [0.15, 0.2) is 0 Å². The third-order valence-corrected chi connectivity index (χ3v) is 4.74. The van der Waals surface area contributed by atoms with Crippen LogP contribution in [0.4, 0.5) is 30.9 Å². The number of aromatic nitrogens is 4. The van der Waals surface area contributed by atoms with E-state index in [0.29, 0.717) is 64.5 Å². The number of aromatic amines is 1. The van der Waals surface area contributed by atoms with Gasteiger partial charge in [-0.05, 0) is 6.07 Å². The topological polar surface area (TPSA) is 104 Å². The van der Waals surface area contributed by atoms with Crippen molar-refractivity contribution in [1.82, 2.24) is 15.0 Å². The molecule has 0 aromatic carbocycles. The summed E-state index contributed by atoms with van der Waals surface area (Å²) >= 11 is 0. The highest BCUT2D eigenvalue weighted by atomic mass is 19.4. The number of nitrogens with two attached hydrogens (primary N) is 1. The fourth-order valence-corrected chi connectivity index (χ4v) is 3.24. The second kappa shape index (κ2) is 7.95. The van der Waals surface area contributed by atoms with Crippen molar-refractivity contribution in [3.8, 4) is 11.4 Å². The summed E-state index contributed by atoms with van der Waals surface area (Å²) in [6.07, 6.45) is -3.55. The van der Waals surface area contributed by atoms with Gasteiger partial charge in [-0.15, -0.1) is 0 Å². The van der Waals surface area contributed by atoms with Gasteiger partial charge in [0.25, 0.3) is 5.82 Å². The molecule has 2 aliphatic rings. The standard InChI is InChI=1S/C17H20F3N7O2/c18-17(19,20)12-9-13(21)22-10-11(12)14-23-15(26-1-5-28-6-2-26)25-16(24-14)27-3-7-29-8-4-27/h9-10H,1-8H2,(H2,21,22)/p+1. The fourth-order valence-electron chi connectivity index (χ4n) is 3.24. The number of ether oxygens (including phenoxy) is 2. The van der Waals surface area contributed by atoms with Gasteiger partial charge in [-0.25, -0.2) is 9.97 Å². The Bertz CT molecular complexity index is 832. The molecule has 156 valence electrons. The Morgan fingerprint density at radius 3 is 1.93 bits per heavy atom. The molecule has 2 aliphatic heterocycles. The molecule has 2 aromatic rings. The van der Waals surface area contributed by atoms with Gasteiger partial charge in [-0.3, -0.25) is 9.80 Å². The lowest BCUT2D eigenvalue weighted by Crippen LogP contribution is -2.44. The molecule has 2 saturated heterocycles. The molecule has 3 N–H and O–H groups in total. The number of rotatable bonds is 3. The smallest absolute Gasteiger partial charge is 0.384 e. The molecule has 0 saturated carbocycles. The fraction of sp³-hybridized carbons (Fsp3) is 0.529. The number of nitrogens with zero attached hydrogens (tertiary/aromatic N) is 5. The minimum atomic E-state index is -4.62. The molecular weight excluding hydrogens is 391 g/mol. The number of hydrogen-bond donors (Lipinski definition) is 1. The molecule has 0 amide bonds. The maximum atomic E-state index is 13.6. The molecule has 12 heteroatoms. The zero-order valence-electron chi connectivity index (χ0n) is 15.6. The number of hydrogen-bond acceptors (Lipinski definition) is 8. The zero-order valence-corrected chi connectivity index (χ0v) is 15.6. The number of anilines is 3. The Morgan fingerprint density at radius 2 is 1.45 bits per heavy atom. The maximum Gasteiger partial charge on any atom is 0.417 e. The Labute approximate surface area is 164 Å². The number of nitrogen functional groups attached to an aromatic ring is 1. The van der Waals surface area contributed by atoms with Gasteiger partial charge in [0.1, 0.15) is 5.82 Å². The van der Waals surface area contributed by atoms with Crippen LogP contribution in [0, 0.1) is 0 Å². The number of halogens is 3. The van der Waals surface area contributed by atoms with E-state index in [0.717, 1.165) is 12.3 Å². The van der Waals surface area contributed by atoms with Crippen LogP contribution in [0.2, 0.25) is 0 Å². The quantitative estimate of drug-likeness (QED) is 0.783. The number of pyridine rings is 1. The average Bonchev–Trinajstić information content (AvgIpc) is 2.74.